The summed E-state index contributed by atoms with van der Waals surface area (Å²) in [4.78, 5) is 39.1. The van der Waals surface area contributed by atoms with Crippen molar-refractivity contribution in [3.8, 4) is 0 Å². The van der Waals surface area contributed by atoms with Crippen molar-refractivity contribution in [3.63, 3.8) is 0 Å². The van der Waals surface area contributed by atoms with Gasteiger partial charge in [0.05, 0.1) is 6.67 Å². The van der Waals surface area contributed by atoms with Gasteiger partial charge in [-0.15, -0.1) is 0 Å². The number of aromatic nitrogens is 2. The lowest BCUT2D eigenvalue weighted by molar-refractivity contribution is -0.133. The SMILES string of the molecule is CC1(C2CC2)NC(=O)N(CN2CCN(c3ncccn3)CC2)C1=O. The molecule has 1 aromatic heterocycles. The Morgan fingerprint density at radius 2 is 1.83 bits per heavy atom. The summed E-state index contributed by atoms with van der Waals surface area (Å²) in [7, 11) is 0. The van der Waals surface area contributed by atoms with Gasteiger partial charge in [-0.2, -0.15) is 0 Å². The number of piperazine rings is 1. The Morgan fingerprint density at radius 1 is 1.17 bits per heavy atom. The van der Waals surface area contributed by atoms with Gasteiger partial charge in [-0.1, -0.05) is 0 Å². The number of imide groups is 1. The first-order valence-corrected chi connectivity index (χ1v) is 8.46. The molecular formula is C16H22N6O2. The minimum absolute atomic E-state index is 0.0798. The number of hydrogen-bond acceptors (Lipinski definition) is 6. The molecule has 3 amide bonds. The van der Waals surface area contributed by atoms with Crippen molar-refractivity contribution in [3.05, 3.63) is 18.5 Å². The van der Waals surface area contributed by atoms with Gasteiger partial charge in [0, 0.05) is 38.6 Å². The summed E-state index contributed by atoms with van der Waals surface area (Å²) in [5.41, 5.74) is -0.698. The van der Waals surface area contributed by atoms with Crippen LogP contribution >= 0.6 is 0 Å². The predicted molar refractivity (Wildman–Crippen MR) is 87.2 cm³/mol. The average Bonchev–Trinajstić information content (AvgIpc) is 3.43. The predicted octanol–water partition coefficient (Wildman–Crippen LogP) is 0.277. The van der Waals surface area contributed by atoms with Crippen LogP contribution in [0.3, 0.4) is 0 Å². The van der Waals surface area contributed by atoms with Gasteiger partial charge in [0.25, 0.3) is 5.91 Å². The fourth-order valence-corrected chi connectivity index (χ4v) is 3.53. The lowest BCUT2D eigenvalue weighted by Gasteiger charge is -2.36. The van der Waals surface area contributed by atoms with E-state index in [0.29, 0.717) is 12.6 Å². The number of amides is 3. The normalized spacial score (nSPS) is 28.4. The highest BCUT2D eigenvalue weighted by atomic mass is 16.2. The van der Waals surface area contributed by atoms with E-state index in [0.717, 1.165) is 45.0 Å². The summed E-state index contributed by atoms with van der Waals surface area (Å²) in [5.74, 6) is 0.947. The molecule has 2 aliphatic heterocycles. The number of anilines is 1. The van der Waals surface area contributed by atoms with Gasteiger partial charge in [-0.05, 0) is 31.7 Å². The minimum atomic E-state index is -0.698. The highest BCUT2D eigenvalue weighted by Gasteiger charge is 2.56. The number of nitrogens with zero attached hydrogens (tertiary/aromatic N) is 5. The van der Waals surface area contributed by atoms with E-state index in [2.05, 4.69) is 25.1 Å². The number of carbonyl (C=O) groups excluding carboxylic acids is 2. The third-order valence-corrected chi connectivity index (χ3v) is 5.24. The molecule has 1 N–H and O–H groups in total. The standard InChI is InChI=1S/C16H22N6O2/c1-16(12-3-4-12)13(23)22(15(24)19-16)11-20-7-9-21(10-8-20)14-17-5-2-6-18-14/h2,5-6,12H,3-4,7-11H2,1H3,(H,19,24). The monoisotopic (exact) mass is 330 g/mol. The largest absolute Gasteiger partial charge is 0.338 e. The summed E-state index contributed by atoms with van der Waals surface area (Å²) in [6.45, 7) is 5.33. The van der Waals surface area contributed by atoms with Crippen molar-refractivity contribution in [1.82, 2.24) is 25.1 Å². The zero-order valence-electron chi connectivity index (χ0n) is 13.8. The topological polar surface area (TPSA) is 81.7 Å². The molecule has 1 saturated carbocycles. The van der Waals surface area contributed by atoms with E-state index in [-0.39, 0.29) is 11.9 Å². The minimum Gasteiger partial charge on any atom is -0.338 e. The van der Waals surface area contributed by atoms with E-state index in [1.54, 1.807) is 18.5 Å². The maximum Gasteiger partial charge on any atom is 0.326 e. The highest BCUT2D eigenvalue weighted by Crippen LogP contribution is 2.42. The Kier molecular flexibility index (Phi) is 3.64. The summed E-state index contributed by atoms with van der Waals surface area (Å²) in [6.07, 6.45) is 5.51. The van der Waals surface area contributed by atoms with Crippen molar-refractivity contribution in [2.24, 2.45) is 5.92 Å². The second-order valence-corrected chi connectivity index (χ2v) is 6.94. The van der Waals surface area contributed by atoms with Gasteiger partial charge in [0.15, 0.2) is 0 Å². The molecule has 0 aromatic carbocycles. The molecule has 24 heavy (non-hydrogen) atoms. The number of carbonyl (C=O) groups is 2. The molecule has 2 saturated heterocycles. The summed E-state index contributed by atoms with van der Waals surface area (Å²) in [5, 5.41) is 2.90. The zero-order chi connectivity index (χ0) is 16.7. The van der Waals surface area contributed by atoms with Crippen LogP contribution in [0.2, 0.25) is 0 Å². The molecule has 4 rings (SSSR count). The van der Waals surface area contributed by atoms with Gasteiger partial charge >= 0.3 is 6.03 Å². The lowest BCUT2D eigenvalue weighted by Crippen LogP contribution is -2.52. The molecule has 128 valence electrons. The molecule has 3 heterocycles. The Balaban J connectivity index is 1.35. The molecule has 1 atom stereocenters. The molecule has 1 aromatic rings. The second kappa shape index (κ2) is 5.70. The van der Waals surface area contributed by atoms with Crippen LogP contribution < -0.4 is 10.2 Å². The second-order valence-electron chi connectivity index (χ2n) is 6.94. The molecular weight excluding hydrogens is 308 g/mol. The Bertz CT molecular complexity index is 641. The van der Waals surface area contributed by atoms with Crippen molar-refractivity contribution >= 4 is 17.9 Å². The van der Waals surface area contributed by atoms with E-state index in [1.807, 2.05) is 6.92 Å². The van der Waals surface area contributed by atoms with Crippen LogP contribution in [0.15, 0.2) is 18.5 Å². The Morgan fingerprint density at radius 3 is 2.46 bits per heavy atom. The number of rotatable bonds is 4. The molecule has 8 heteroatoms. The fraction of sp³-hybridized carbons (Fsp3) is 0.625. The van der Waals surface area contributed by atoms with E-state index in [9.17, 15) is 9.59 Å². The van der Waals surface area contributed by atoms with Crippen LogP contribution in [0.25, 0.3) is 0 Å². The highest BCUT2D eigenvalue weighted by molar-refractivity contribution is 6.07. The first kappa shape index (κ1) is 15.3. The van der Waals surface area contributed by atoms with Crippen LogP contribution in [-0.2, 0) is 4.79 Å². The molecule has 1 unspecified atom stereocenters. The third-order valence-electron chi connectivity index (χ3n) is 5.24. The molecule has 0 spiro atoms. The van der Waals surface area contributed by atoms with Gasteiger partial charge in [-0.25, -0.2) is 19.7 Å². The zero-order valence-corrected chi connectivity index (χ0v) is 13.8. The lowest BCUT2D eigenvalue weighted by atomic mass is 9.96. The first-order chi connectivity index (χ1) is 11.6. The van der Waals surface area contributed by atoms with Crippen LogP contribution in [-0.4, -0.2) is 70.1 Å². The van der Waals surface area contributed by atoms with Crippen LogP contribution in [0.5, 0.6) is 0 Å². The van der Waals surface area contributed by atoms with Gasteiger partial charge < -0.3 is 10.2 Å². The van der Waals surface area contributed by atoms with Crippen LogP contribution in [0.4, 0.5) is 10.7 Å². The molecule has 3 fully saturated rings. The maximum absolute atomic E-state index is 12.7. The number of hydrogen-bond donors (Lipinski definition) is 1. The van der Waals surface area contributed by atoms with E-state index < -0.39 is 5.54 Å². The van der Waals surface area contributed by atoms with E-state index in [1.165, 1.54) is 4.90 Å². The summed E-state index contributed by atoms with van der Waals surface area (Å²) in [6, 6.07) is 1.54. The van der Waals surface area contributed by atoms with Crippen molar-refractivity contribution < 1.29 is 9.59 Å². The van der Waals surface area contributed by atoms with Crippen LogP contribution in [0, 0.1) is 5.92 Å². The molecule has 3 aliphatic rings. The van der Waals surface area contributed by atoms with E-state index in [4.69, 9.17) is 0 Å². The maximum atomic E-state index is 12.7. The quantitative estimate of drug-likeness (QED) is 0.799. The third kappa shape index (κ3) is 2.60. The average molecular weight is 330 g/mol. The van der Waals surface area contributed by atoms with Gasteiger partial charge in [-0.3, -0.25) is 9.69 Å². The smallest absolute Gasteiger partial charge is 0.326 e. The van der Waals surface area contributed by atoms with Gasteiger partial charge in [0.1, 0.15) is 5.54 Å². The molecule has 1 aliphatic carbocycles. The fourth-order valence-electron chi connectivity index (χ4n) is 3.53. The number of nitrogens with one attached hydrogen (secondary N) is 1. The molecule has 8 nitrogen and oxygen atoms in total. The molecule has 0 radical (unpaired) electrons. The van der Waals surface area contributed by atoms with Crippen molar-refractivity contribution in [2.75, 3.05) is 37.7 Å². The number of urea groups is 1. The summed E-state index contributed by atoms with van der Waals surface area (Å²) >= 11 is 0. The van der Waals surface area contributed by atoms with Gasteiger partial charge in [0.2, 0.25) is 5.95 Å². The Hall–Kier alpha value is -2.22. The summed E-state index contributed by atoms with van der Waals surface area (Å²) < 4.78 is 0. The van der Waals surface area contributed by atoms with Crippen LogP contribution in [0.1, 0.15) is 19.8 Å². The van der Waals surface area contributed by atoms with Crippen molar-refractivity contribution in [1.29, 1.82) is 0 Å². The van der Waals surface area contributed by atoms with E-state index >= 15 is 0 Å². The van der Waals surface area contributed by atoms with Crippen molar-refractivity contribution in [2.45, 2.75) is 25.3 Å². The Labute approximate surface area is 140 Å². The molecule has 0 bridgehead atoms. The first-order valence-electron chi connectivity index (χ1n) is 8.46.